The minimum absolute atomic E-state index is 0.00703. The van der Waals surface area contributed by atoms with Gasteiger partial charge in [-0.3, -0.25) is 0 Å². The molecule has 0 atom stereocenters. The van der Waals surface area contributed by atoms with Gasteiger partial charge in [-0.15, -0.1) is 0 Å². The van der Waals surface area contributed by atoms with E-state index < -0.39 is 5.82 Å². The van der Waals surface area contributed by atoms with Crippen LogP contribution in [-0.4, -0.2) is 9.97 Å². The van der Waals surface area contributed by atoms with Crippen LogP contribution in [0.25, 0.3) is 0 Å². The van der Waals surface area contributed by atoms with Crippen molar-refractivity contribution in [1.82, 2.24) is 9.97 Å². The zero-order valence-electron chi connectivity index (χ0n) is 8.96. The summed E-state index contributed by atoms with van der Waals surface area (Å²) < 4.78 is 18.5. The second kappa shape index (κ2) is 4.89. The van der Waals surface area contributed by atoms with E-state index in [4.69, 9.17) is 15.3 Å². The number of rotatable bonds is 2. The second-order valence-electron chi connectivity index (χ2n) is 3.16. The Bertz CT molecular complexity index is 673. The topological polar surface area (TPSA) is 82.6 Å². The normalized spacial score (nSPS) is 9.28. The summed E-state index contributed by atoms with van der Waals surface area (Å²) in [6, 6.07) is 8.78. The molecule has 1 heterocycles. The summed E-state index contributed by atoms with van der Waals surface area (Å²) in [6.45, 7) is 0. The van der Waals surface area contributed by atoms with Crippen LogP contribution in [0, 0.1) is 28.5 Å². The summed E-state index contributed by atoms with van der Waals surface area (Å²) in [5.74, 6) is -0.681. The van der Waals surface area contributed by atoms with Crippen molar-refractivity contribution in [3.05, 3.63) is 47.5 Å². The zero-order chi connectivity index (χ0) is 13.0. The maximum Gasteiger partial charge on any atom is 0.323 e. The lowest BCUT2D eigenvalue weighted by Gasteiger charge is -2.05. The lowest BCUT2D eigenvalue weighted by molar-refractivity contribution is 0.435. The van der Waals surface area contributed by atoms with Gasteiger partial charge >= 0.3 is 6.01 Å². The van der Waals surface area contributed by atoms with E-state index in [-0.39, 0.29) is 23.0 Å². The van der Waals surface area contributed by atoms with Gasteiger partial charge in [0, 0.05) is 6.20 Å². The fourth-order valence-corrected chi connectivity index (χ4v) is 1.25. The van der Waals surface area contributed by atoms with Crippen molar-refractivity contribution in [3.63, 3.8) is 0 Å². The summed E-state index contributed by atoms with van der Waals surface area (Å²) in [4.78, 5) is 7.54. The maximum absolute atomic E-state index is 13.3. The highest BCUT2D eigenvalue weighted by Crippen LogP contribution is 2.24. The third kappa shape index (κ3) is 2.23. The van der Waals surface area contributed by atoms with Crippen molar-refractivity contribution in [2.45, 2.75) is 0 Å². The lowest BCUT2D eigenvalue weighted by Crippen LogP contribution is -1.96. The van der Waals surface area contributed by atoms with E-state index in [1.54, 1.807) is 6.07 Å². The van der Waals surface area contributed by atoms with Crippen molar-refractivity contribution >= 4 is 0 Å². The van der Waals surface area contributed by atoms with Crippen LogP contribution in [-0.2, 0) is 0 Å². The van der Waals surface area contributed by atoms with Crippen molar-refractivity contribution < 1.29 is 9.13 Å². The predicted molar refractivity (Wildman–Crippen MR) is 57.9 cm³/mol. The number of ether oxygens (including phenoxy) is 1. The first kappa shape index (κ1) is 11.5. The Morgan fingerprint density at radius 2 is 2.00 bits per heavy atom. The van der Waals surface area contributed by atoms with Gasteiger partial charge in [-0.05, 0) is 18.2 Å². The largest absolute Gasteiger partial charge is 0.423 e. The van der Waals surface area contributed by atoms with Crippen molar-refractivity contribution in [3.8, 4) is 23.9 Å². The molecule has 0 unspecified atom stereocenters. The fourth-order valence-electron chi connectivity index (χ4n) is 1.25. The maximum atomic E-state index is 13.3. The molecule has 5 nitrogen and oxygen atoms in total. The van der Waals surface area contributed by atoms with E-state index in [2.05, 4.69) is 9.97 Å². The summed E-state index contributed by atoms with van der Waals surface area (Å²) in [7, 11) is 0. The minimum atomic E-state index is -0.688. The molecule has 0 aliphatic heterocycles. The van der Waals surface area contributed by atoms with Crippen LogP contribution in [0.2, 0.25) is 0 Å². The molecule has 0 spiro atoms. The molecule has 2 rings (SSSR count). The first-order valence-corrected chi connectivity index (χ1v) is 4.84. The van der Waals surface area contributed by atoms with Crippen molar-refractivity contribution in [2.24, 2.45) is 0 Å². The Labute approximate surface area is 102 Å². The van der Waals surface area contributed by atoms with Gasteiger partial charge in [0.15, 0.2) is 5.75 Å². The van der Waals surface area contributed by atoms with Crippen molar-refractivity contribution in [2.75, 3.05) is 0 Å². The molecule has 0 N–H and O–H groups in total. The van der Waals surface area contributed by atoms with E-state index in [1.165, 1.54) is 24.4 Å². The quantitative estimate of drug-likeness (QED) is 0.803. The van der Waals surface area contributed by atoms with Crippen LogP contribution >= 0.6 is 0 Å². The molecular formula is C12H5FN4O. The molecule has 0 aliphatic carbocycles. The molecule has 0 saturated heterocycles. The van der Waals surface area contributed by atoms with Crippen LogP contribution in [0.15, 0.2) is 30.5 Å². The molecule has 0 saturated carbocycles. The summed E-state index contributed by atoms with van der Waals surface area (Å²) in [5.41, 5.74) is -0.113. The van der Waals surface area contributed by atoms with Gasteiger partial charge in [0.25, 0.3) is 0 Å². The molecule has 1 aromatic carbocycles. The fraction of sp³-hybridized carbons (Fsp3) is 0. The minimum Gasteiger partial charge on any atom is -0.423 e. The number of halogens is 1. The van der Waals surface area contributed by atoms with Gasteiger partial charge in [0.1, 0.15) is 29.2 Å². The zero-order valence-corrected chi connectivity index (χ0v) is 8.96. The van der Waals surface area contributed by atoms with Crippen LogP contribution in [0.1, 0.15) is 11.3 Å². The Morgan fingerprint density at radius 3 is 2.72 bits per heavy atom. The monoisotopic (exact) mass is 240 g/mol. The number of hydrogen-bond donors (Lipinski definition) is 0. The molecule has 86 valence electrons. The first-order valence-electron chi connectivity index (χ1n) is 4.84. The van der Waals surface area contributed by atoms with E-state index >= 15 is 0 Å². The highest BCUT2D eigenvalue weighted by Gasteiger charge is 2.11. The Morgan fingerprint density at radius 1 is 1.17 bits per heavy atom. The van der Waals surface area contributed by atoms with Gasteiger partial charge in [0.2, 0.25) is 0 Å². The molecule has 18 heavy (non-hydrogen) atoms. The number of benzene rings is 1. The molecular weight excluding hydrogens is 235 g/mol. The SMILES string of the molecule is N#Cc1ccnc(Oc2cccc(F)c2C#N)n1. The van der Waals surface area contributed by atoms with Gasteiger partial charge < -0.3 is 4.74 Å². The van der Waals surface area contributed by atoms with E-state index in [1.807, 2.05) is 6.07 Å². The number of nitrogens with zero attached hydrogens (tertiary/aromatic N) is 4. The van der Waals surface area contributed by atoms with Crippen LogP contribution in [0.3, 0.4) is 0 Å². The highest BCUT2D eigenvalue weighted by molar-refractivity contribution is 5.44. The third-order valence-corrected chi connectivity index (χ3v) is 2.04. The van der Waals surface area contributed by atoms with Crippen LogP contribution in [0.4, 0.5) is 4.39 Å². The highest BCUT2D eigenvalue weighted by atomic mass is 19.1. The van der Waals surface area contributed by atoms with Gasteiger partial charge in [-0.1, -0.05) is 6.07 Å². The lowest BCUT2D eigenvalue weighted by atomic mass is 10.2. The average molecular weight is 240 g/mol. The standard InChI is InChI=1S/C12H5FN4O/c13-10-2-1-3-11(9(10)7-15)18-12-16-5-4-8(6-14)17-12/h1-5H. The third-order valence-electron chi connectivity index (χ3n) is 2.04. The molecule has 0 amide bonds. The second-order valence-corrected chi connectivity index (χ2v) is 3.16. The first-order chi connectivity index (χ1) is 8.74. The smallest absolute Gasteiger partial charge is 0.323 e. The van der Waals surface area contributed by atoms with E-state index in [0.29, 0.717) is 0 Å². The summed E-state index contributed by atoms with van der Waals surface area (Å²) in [5, 5.41) is 17.5. The van der Waals surface area contributed by atoms with E-state index in [9.17, 15) is 4.39 Å². The average Bonchev–Trinajstić information content (AvgIpc) is 2.39. The molecule has 1 aromatic heterocycles. The van der Waals surface area contributed by atoms with Crippen LogP contribution < -0.4 is 4.74 Å². The summed E-state index contributed by atoms with van der Waals surface area (Å²) in [6.07, 6.45) is 1.34. The number of hydrogen-bond acceptors (Lipinski definition) is 5. The summed E-state index contributed by atoms with van der Waals surface area (Å²) >= 11 is 0. The van der Waals surface area contributed by atoms with Crippen LogP contribution in [0.5, 0.6) is 11.8 Å². The van der Waals surface area contributed by atoms with E-state index in [0.717, 1.165) is 6.07 Å². The molecule has 0 fully saturated rings. The Balaban J connectivity index is 2.38. The Hall–Kier alpha value is -2.99. The van der Waals surface area contributed by atoms with Gasteiger partial charge in [0.05, 0.1) is 0 Å². The molecule has 0 radical (unpaired) electrons. The molecule has 6 heteroatoms. The van der Waals surface area contributed by atoms with Crippen molar-refractivity contribution in [1.29, 1.82) is 10.5 Å². The molecule has 2 aromatic rings. The molecule has 0 aliphatic rings. The number of nitriles is 2. The molecule has 0 bridgehead atoms. The number of aromatic nitrogens is 2. The predicted octanol–water partition coefficient (Wildman–Crippen LogP) is 2.15. The van der Waals surface area contributed by atoms with Gasteiger partial charge in [-0.2, -0.15) is 15.5 Å². The Kier molecular flexibility index (Phi) is 3.13. The van der Waals surface area contributed by atoms with Gasteiger partial charge in [-0.25, -0.2) is 9.37 Å².